The van der Waals surface area contributed by atoms with Gasteiger partial charge in [-0.05, 0) is 24.5 Å². The molecule has 0 unspecified atom stereocenters. The van der Waals surface area contributed by atoms with Crippen LogP contribution in [0.5, 0.6) is 0 Å². The van der Waals surface area contributed by atoms with E-state index in [4.69, 9.17) is 0 Å². The van der Waals surface area contributed by atoms with Gasteiger partial charge >= 0.3 is 0 Å². The van der Waals surface area contributed by atoms with Gasteiger partial charge in [0.05, 0.1) is 0 Å². The first-order chi connectivity index (χ1) is 9.65. The first kappa shape index (κ1) is 14.0. The van der Waals surface area contributed by atoms with Crippen molar-refractivity contribution in [1.29, 1.82) is 0 Å². The maximum Gasteiger partial charge on any atom is 0.224 e. The van der Waals surface area contributed by atoms with Crippen LogP contribution in [0.2, 0.25) is 0 Å². The molecule has 0 spiro atoms. The number of benzene rings is 1. The average molecular weight is 273 g/mol. The van der Waals surface area contributed by atoms with E-state index in [9.17, 15) is 4.79 Å². The minimum atomic E-state index is 0.0329. The van der Waals surface area contributed by atoms with E-state index in [1.54, 1.807) is 0 Å². The monoisotopic (exact) mass is 273 g/mol. The normalized spacial score (nSPS) is 13.4. The highest BCUT2D eigenvalue weighted by Crippen LogP contribution is 2.13. The van der Waals surface area contributed by atoms with E-state index in [2.05, 4.69) is 40.2 Å². The Morgan fingerprint density at radius 3 is 2.95 bits per heavy atom. The third kappa shape index (κ3) is 4.08. The molecule has 1 aromatic carbocycles. The highest BCUT2D eigenvalue weighted by Gasteiger charge is 2.08. The summed E-state index contributed by atoms with van der Waals surface area (Å²) < 4.78 is 0. The van der Waals surface area contributed by atoms with Gasteiger partial charge in [-0.3, -0.25) is 15.6 Å². The van der Waals surface area contributed by atoms with Gasteiger partial charge in [-0.1, -0.05) is 26.0 Å². The van der Waals surface area contributed by atoms with Crippen LogP contribution in [-0.4, -0.2) is 18.1 Å². The molecule has 0 fully saturated rings. The summed E-state index contributed by atoms with van der Waals surface area (Å²) in [5.41, 5.74) is 7.09. The number of amidine groups is 1. The SMILES string of the molecule is CC(C)CCC(=O)Nc1cccc(C2=NNC=NN2)c1. The number of hydrogen-bond acceptors (Lipinski definition) is 5. The van der Waals surface area contributed by atoms with Gasteiger partial charge in [-0.2, -0.15) is 10.2 Å². The summed E-state index contributed by atoms with van der Waals surface area (Å²) in [4.78, 5) is 11.8. The molecule has 0 atom stereocenters. The fourth-order valence-corrected chi connectivity index (χ4v) is 1.76. The van der Waals surface area contributed by atoms with Crippen LogP contribution in [0, 0.1) is 5.92 Å². The topological polar surface area (TPSA) is 77.9 Å². The maximum atomic E-state index is 11.8. The molecule has 6 nitrogen and oxygen atoms in total. The number of carbonyl (C=O) groups excluding carboxylic acids is 1. The summed E-state index contributed by atoms with van der Waals surface area (Å²) in [7, 11) is 0. The molecule has 0 bridgehead atoms. The van der Waals surface area contributed by atoms with Crippen molar-refractivity contribution in [2.45, 2.75) is 26.7 Å². The van der Waals surface area contributed by atoms with Crippen LogP contribution in [0.3, 0.4) is 0 Å². The van der Waals surface area contributed by atoms with Crippen LogP contribution >= 0.6 is 0 Å². The number of nitrogens with zero attached hydrogens (tertiary/aromatic N) is 2. The number of hydrazone groups is 2. The van der Waals surface area contributed by atoms with Crippen molar-refractivity contribution in [2.75, 3.05) is 5.32 Å². The lowest BCUT2D eigenvalue weighted by Gasteiger charge is -2.11. The van der Waals surface area contributed by atoms with E-state index >= 15 is 0 Å². The number of anilines is 1. The molecule has 1 aromatic rings. The number of hydrogen-bond donors (Lipinski definition) is 3. The van der Waals surface area contributed by atoms with Gasteiger partial charge < -0.3 is 5.32 Å². The van der Waals surface area contributed by atoms with Gasteiger partial charge in [-0.25, -0.2) is 0 Å². The van der Waals surface area contributed by atoms with Crippen molar-refractivity contribution in [2.24, 2.45) is 16.1 Å². The Hall–Kier alpha value is -2.37. The molecule has 0 radical (unpaired) electrons. The second-order valence-corrected chi connectivity index (χ2v) is 5.02. The van der Waals surface area contributed by atoms with E-state index in [1.165, 1.54) is 6.34 Å². The third-order valence-corrected chi connectivity index (χ3v) is 2.84. The first-order valence-corrected chi connectivity index (χ1v) is 6.66. The zero-order chi connectivity index (χ0) is 14.4. The highest BCUT2D eigenvalue weighted by atomic mass is 16.1. The minimum Gasteiger partial charge on any atom is -0.326 e. The molecule has 2 rings (SSSR count). The van der Waals surface area contributed by atoms with E-state index in [0.717, 1.165) is 17.7 Å². The molecule has 1 amide bonds. The molecule has 0 aromatic heterocycles. The minimum absolute atomic E-state index is 0.0329. The van der Waals surface area contributed by atoms with Crippen LogP contribution in [0.15, 0.2) is 34.5 Å². The maximum absolute atomic E-state index is 11.8. The summed E-state index contributed by atoms with van der Waals surface area (Å²) in [6, 6.07) is 7.49. The molecule has 0 aliphatic carbocycles. The third-order valence-electron chi connectivity index (χ3n) is 2.84. The predicted octanol–water partition coefficient (Wildman–Crippen LogP) is 1.86. The second kappa shape index (κ2) is 6.70. The zero-order valence-electron chi connectivity index (χ0n) is 11.7. The van der Waals surface area contributed by atoms with Crippen LogP contribution in [-0.2, 0) is 4.79 Å². The number of nitrogens with one attached hydrogen (secondary N) is 3. The Bertz CT molecular complexity index is 536. The fraction of sp³-hybridized carbons (Fsp3) is 0.357. The van der Waals surface area contributed by atoms with Crippen molar-refractivity contribution in [3.8, 4) is 0 Å². The van der Waals surface area contributed by atoms with E-state index in [-0.39, 0.29) is 5.91 Å². The summed E-state index contributed by atoms with van der Waals surface area (Å²) in [5, 5.41) is 10.8. The molecule has 106 valence electrons. The van der Waals surface area contributed by atoms with E-state index < -0.39 is 0 Å². The molecule has 1 aliphatic heterocycles. The van der Waals surface area contributed by atoms with Crippen LogP contribution in [0.1, 0.15) is 32.3 Å². The van der Waals surface area contributed by atoms with Gasteiger partial charge in [0.1, 0.15) is 6.34 Å². The highest BCUT2D eigenvalue weighted by molar-refractivity contribution is 6.01. The Balaban J connectivity index is 1.99. The second-order valence-electron chi connectivity index (χ2n) is 5.02. The summed E-state index contributed by atoms with van der Waals surface area (Å²) in [5.74, 6) is 1.17. The van der Waals surface area contributed by atoms with Gasteiger partial charge in [0.15, 0.2) is 5.84 Å². The standard InChI is InChI=1S/C14H19N5O/c1-10(2)6-7-13(20)17-12-5-3-4-11(8-12)14-18-15-9-16-19-14/h3-5,8-10H,6-7H2,1-2H3,(H,15,16)(H,17,20)(H,18,19). The van der Waals surface area contributed by atoms with Gasteiger partial charge in [-0.15, -0.1) is 0 Å². The molecular weight excluding hydrogens is 254 g/mol. The van der Waals surface area contributed by atoms with Gasteiger partial charge in [0.25, 0.3) is 0 Å². The molecule has 1 aliphatic rings. The lowest BCUT2D eigenvalue weighted by molar-refractivity contribution is -0.116. The number of carbonyl (C=O) groups is 1. The fourth-order valence-electron chi connectivity index (χ4n) is 1.76. The number of amides is 1. The van der Waals surface area contributed by atoms with Crippen molar-refractivity contribution in [3.05, 3.63) is 29.8 Å². The van der Waals surface area contributed by atoms with Crippen LogP contribution in [0.4, 0.5) is 5.69 Å². The number of rotatable bonds is 5. The van der Waals surface area contributed by atoms with Crippen molar-refractivity contribution < 1.29 is 4.79 Å². The van der Waals surface area contributed by atoms with Crippen molar-refractivity contribution in [1.82, 2.24) is 10.9 Å². The van der Waals surface area contributed by atoms with Gasteiger partial charge in [0.2, 0.25) is 5.91 Å². The molecule has 6 heteroatoms. The van der Waals surface area contributed by atoms with Gasteiger partial charge in [0, 0.05) is 17.7 Å². The summed E-state index contributed by atoms with van der Waals surface area (Å²) in [6.07, 6.45) is 2.88. The quantitative estimate of drug-likeness (QED) is 0.766. The van der Waals surface area contributed by atoms with Crippen LogP contribution in [0.25, 0.3) is 0 Å². The molecular formula is C14H19N5O. The molecule has 0 saturated carbocycles. The van der Waals surface area contributed by atoms with Crippen LogP contribution < -0.4 is 16.2 Å². The molecule has 1 heterocycles. The van der Waals surface area contributed by atoms with E-state index in [0.29, 0.717) is 18.2 Å². The average Bonchev–Trinajstić information content (AvgIpc) is 2.46. The van der Waals surface area contributed by atoms with Crippen molar-refractivity contribution >= 4 is 23.8 Å². The first-order valence-electron chi connectivity index (χ1n) is 6.66. The zero-order valence-corrected chi connectivity index (χ0v) is 11.7. The largest absolute Gasteiger partial charge is 0.326 e. The summed E-state index contributed by atoms with van der Waals surface area (Å²) in [6.45, 7) is 4.21. The Kier molecular flexibility index (Phi) is 4.70. The summed E-state index contributed by atoms with van der Waals surface area (Å²) >= 11 is 0. The molecule has 0 saturated heterocycles. The molecule has 20 heavy (non-hydrogen) atoms. The Morgan fingerprint density at radius 2 is 2.25 bits per heavy atom. The van der Waals surface area contributed by atoms with E-state index in [1.807, 2.05) is 24.3 Å². The Labute approximate surface area is 118 Å². The lowest BCUT2D eigenvalue weighted by Crippen LogP contribution is -2.28. The lowest BCUT2D eigenvalue weighted by atomic mass is 10.1. The Morgan fingerprint density at radius 1 is 1.40 bits per heavy atom. The van der Waals surface area contributed by atoms with Crippen molar-refractivity contribution in [3.63, 3.8) is 0 Å². The smallest absolute Gasteiger partial charge is 0.224 e. The molecule has 3 N–H and O–H groups in total. The predicted molar refractivity (Wildman–Crippen MR) is 80.4 cm³/mol.